The molecule has 0 aromatic heterocycles. The summed E-state index contributed by atoms with van der Waals surface area (Å²) >= 11 is 0. The summed E-state index contributed by atoms with van der Waals surface area (Å²) < 4.78 is 0. The van der Waals surface area contributed by atoms with Crippen LogP contribution in [0.15, 0.2) is 48.5 Å². The topological polar surface area (TPSA) is 92.5 Å². The van der Waals surface area contributed by atoms with Crippen LogP contribution in [0, 0.1) is 10.1 Å². The number of hydrogen-bond acceptors (Lipinski definition) is 4. The predicted octanol–water partition coefficient (Wildman–Crippen LogP) is 2.97. The smallest absolute Gasteiger partial charge is 0.269 e. The van der Waals surface area contributed by atoms with E-state index in [-0.39, 0.29) is 17.5 Å². The molecule has 0 unspecified atom stereocenters. The van der Waals surface area contributed by atoms with Crippen molar-refractivity contribution in [3.8, 4) is 0 Å². The van der Waals surface area contributed by atoms with Crippen molar-refractivity contribution in [1.82, 2.24) is 4.90 Å². The number of nitro groups is 1. The molecule has 0 bridgehead atoms. The highest BCUT2D eigenvalue weighted by Crippen LogP contribution is 2.17. The number of nitro benzene ring substituents is 1. The molecule has 1 N–H and O–H groups in total. The first-order chi connectivity index (χ1) is 12.0. The van der Waals surface area contributed by atoms with E-state index in [9.17, 15) is 19.7 Å². The number of hydrogen-bond donors (Lipinski definition) is 1. The molecule has 2 amide bonds. The van der Waals surface area contributed by atoms with Gasteiger partial charge in [0.05, 0.1) is 4.92 Å². The number of likely N-dealkylation sites (tertiary alicyclic amines) is 1. The van der Waals surface area contributed by atoms with E-state index in [0.29, 0.717) is 24.2 Å². The number of benzene rings is 2. The van der Waals surface area contributed by atoms with Gasteiger partial charge in [0.1, 0.15) is 0 Å². The minimum Gasteiger partial charge on any atom is -0.338 e. The van der Waals surface area contributed by atoms with E-state index >= 15 is 0 Å². The Morgan fingerprint density at radius 3 is 2.36 bits per heavy atom. The Balaban J connectivity index is 1.62. The van der Waals surface area contributed by atoms with Crippen LogP contribution in [-0.2, 0) is 11.3 Å². The molecule has 0 aliphatic carbocycles. The molecule has 1 aliphatic rings. The van der Waals surface area contributed by atoms with Gasteiger partial charge in [-0.15, -0.1) is 0 Å². The zero-order chi connectivity index (χ0) is 17.8. The molecule has 2 aromatic carbocycles. The number of nitrogens with zero attached hydrogens (tertiary/aromatic N) is 2. The largest absolute Gasteiger partial charge is 0.338 e. The van der Waals surface area contributed by atoms with Gasteiger partial charge in [-0.2, -0.15) is 0 Å². The molecule has 25 heavy (non-hydrogen) atoms. The van der Waals surface area contributed by atoms with Crippen LogP contribution in [0.4, 0.5) is 11.4 Å². The van der Waals surface area contributed by atoms with Crippen LogP contribution in [0.2, 0.25) is 0 Å². The summed E-state index contributed by atoms with van der Waals surface area (Å²) in [5, 5.41) is 13.3. The van der Waals surface area contributed by atoms with Crippen molar-refractivity contribution in [3.05, 3.63) is 69.8 Å². The fourth-order valence-corrected chi connectivity index (χ4v) is 2.72. The van der Waals surface area contributed by atoms with E-state index in [1.165, 1.54) is 24.3 Å². The summed E-state index contributed by atoms with van der Waals surface area (Å²) in [5.74, 6) is -0.127. The number of non-ortho nitro benzene ring substituents is 1. The Bertz CT molecular complexity index is 800. The van der Waals surface area contributed by atoms with Crippen molar-refractivity contribution in [3.63, 3.8) is 0 Å². The lowest BCUT2D eigenvalue weighted by molar-refractivity contribution is -0.384. The Hall–Kier alpha value is -3.22. The lowest BCUT2D eigenvalue weighted by Gasteiger charge is -2.15. The van der Waals surface area contributed by atoms with Crippen molar-refractivity contribution in [2.75, 3.05) is 11.9 Å². The van der Waals surface area contributed by atoms with Gasteiger partial charge in [0.25, 0.3) is 11.6 Å². The number of carbonyl (C=O) groups is 2. The second kappa shape index (κ2) is 7.12. The average Bonchev–Trinajstić information content (AvgIpc) is 3.01. The molecule has 1 aliphatic heterocycles. The zero-order valence-corrected chi connectivity index (χ0v) is 13.5. The van der Waals surface area contributed by atoms with Gasteiger partial charge in [0.2, 0.25) is 5.91 Å². The molecule has 2 aromatic rings. The average molecular weight is 339 g/mol. The van der Waals surface area contributed by atoms with Crippen LogP contribution < -0.4 is 5.32 Å². The van der Waals surface area contributed by atoms with Gasteiger partial charge in [-0.05, 0) is 36.2 Å². The normalized spacial score (nSPS) is 13.8. The van der Waals surface area contributed by atoms with Gasteiger partial charge in [0.15, 0.2) is 0 Å². The zero-order valence-electron chi connectivity index (χ0n) is 13.5. The van der Waals surface area contributed by atoms with Crippen LogP contribution in [0.25, 0.3) is 0 Å². The number of anilines is 1. The Morgan fingerprint density at radius 1 is 1.12 bits per heavy atom. The summed E-state index contributed by atoms with van der Waals surface area (Å²) in [7, 11) is 0. The Labute approximate surface area is 144 Å². The third-order valence-electron chi connectivity index (χ3n) is 4.10. The Morgan fingerprint density at radius 2 is 1.80 bits per heavy atom. The standard InChI is InChI=1S/C18H17N3O4/c22-17-2-1-11-20(17)12-13-3-5-14(6-4-13)18(23)19-15-7-9-16(10-8-15)21(24)25/h3-10H,1-2,11-12H2,(H,19,23). The van der Waals surface area contributed by atoms with Gasteiger partial charge in [0, 0.05) is 42.9 Å². The summed E-state index contributed by atoms with van der Waals surface area (Å²) in [6.07, 6.45) is 1.50. The van der Waals surface area contributed by atoms with Crippen LogP contribution in [-0.4, -0.2) is 28.2 Å². The van der Waals surface area contributed by atoms with Gasteiger partial charge in [-0.3, -0.25) is 19.7 Å². The molecule has 7 nitrogen and oxygen atoms in total. The molecular weight excluding hydrogens is 322 g/mol. The molecule has 1 heterocycles. The minimum absolute atomic E-state index is 0.0289. The first-order valence-corrected chi connectivity index (χ1v) is 7.95. The maximum atomic E-state index is 12.2. The highest BCUT2D eigenvalue weighted by Gasteiger charge is 2.20. The van der Waals surface area contributed by atoms with E-state index in [1.807, 2.05) is 17.0 Å². The van der Waals surface area contributed by atoms with Crippen molar-refractivity contribution >= 4 is 23.2 Å². The van der Waals surface area contributed by atoms with Gasteiger partial charge < -0.3 is 10.2 Å². The molecule has 128 valence electrons. The number of nitrogens with one attached hydrogen (secondary N) is 1. The van der Waals surface area contributed by atoms with Crippen LogP contribution >= 0.6 is 0 Å². The van der Waals surface area contributed by atoms with E-state index in [2.05, 4.69) is 5.32 Å². The summed E-state index contributed by atoms with van der Waals surface area (Å²) in [5.41, 5.74) is 1.91. The maximum absolute atomic E-state index is 12.2. The lowest BCUT2D eigenvalue weighted by atomic mass is 10.1. The first kappa shape index (κ1) is 16.6. The SMILES string of the molecule is O=C(Nc1ccc([N+](=O)[O-])cc1)c1ccc(CN2CCCC2=O)cc1. The molecule has 0 radical (unpaired) electrons. The fraction of sp³-hybridized carbons (Fsp3) is 0.222. The van der Waals surface area contributed by atoms with Gasteiger partial charge >= 0.3 is 0 Å². The highest BCUT2D eigenvalue weighted by molar-refractivity contribution is 6.04. The van der Waals surface area contributed by atoms with Crippen molar-refractivity contribution in [1.29, 1.82) is 0 Å². The molecule has 0 spiro atoms. The van der Waals surface area contributed by atoms with E-state index < -0.39 is 4.92 Å². The molecule has 1 fully saturated rings. The summed E-state index contributed by atoms with van der Waals surface area (Å²) in [4.78, 5) is 35.8. The first-order valence-electron chi connectivity index (χ1n) is 7.95. The predicted molar refractivity (Wildman–Crippen MR) is 92.1 cm³/mol. The summed E-state index contributed by atoms with van der Waals surface area (Å²) in [6, 6.07) is 12.7. The van der Waals surface area contributed by atoms with Crippen molar-refractivity contribution < 1.29 is 14.5 Å². The molecule has 3 rings (SSSR count). The third-order valence-corrected chi connectivity index (χ3v) is 4.10. The lowest BCUT2D eigenvalue weighted by Crippen LogP contribution is -2.23. The molecule has 0 saturated carbocycles. The van der Waals surface area contributed by atoms with E-state index in [0.717, 1.165) is 18.5 Å². The van der Waals surface area contributed by atoms with E-state index in [4.69, 9.17) is 0 Å². The number of amides is 2. The van der Waals surface area contributed by atoms with Crippen molar-refractivity contribution in [2.45, 2.75) is 19.4 Å². The maximum Gasteiger partial charge on any atom is 0.269 e. The van der Waals surface area contributed by atoms with Gasteiger partial charge in [-0.25, -0.2) is 0 Å². The van der Waals surface area contributed by atoms with Crippen LogP contribution in [0.1, 0.15) is 28.8 Å². The number of rotatable bonds is 5. The molecule has 7 heteroatoms. The third kappa shape index (κ3) is 4.00. The summed E-state index contributed by atoms with van der Waals surface area (Å²) in [6.45, 7) is 1.34. The molecular formula is C18H17N3O4. The second-order valence-corrected chi connectivity index (χ2v) is 5.87. The van der Waals surface area contributed by atoms with Crippen molar-refractivity contribution in [2.24, 2.45) is 0 Å². The quantitative estimate of drug-likeness (QED) is 0.669. The molecule has 0 atom stereocenters. The van der Waals surface area contributed by atoms with Gasteiger partial charge in [-0.1, -0.05) is 12.1 Å². The minimum atomic E-state index is -0.491. The monoisotopic (exact) mass is 339 g/mol. The van der Waals surface area contributed by atoms with Crippen LogP contribution in [0.3, 0.4) is 0 Å². The Kier molecular flexibility index (Phi) is 4.74. The van der Waals surface area contributed by atoms with Crippen LogP contribution in [0.5, 0.6) is 0 Å². The molecule has 1 saturated heterocycles. The number of carbonyl (C=O) groups excluding carboxylic acids is 2. The second-order valence-electron chi connectivity index (χ2n) is 5.87. The van der Waals surface area contributed by atoms with E-state index in [1.54, 1.807) is 12.1 Å². The highest BCUT2D eigenvalue weighted by atomic mass is 16.6. The fourth-order valence-electron chi connectivity index (χ4n) is 2.72.